The zero-order valence-corrected chi connectivity index (χ0v) is 16.3. The number of rotatable bonds is 4. The molecule has 3 rings (SSSR count). The average molecular weight is 437 g/mol. The summed E-state index contributed by atoms with van der Waals surface area (Å²) in [6.45, 7) is 3.41. The standard InChI is InChI=1S/C19H15BrClNO4/c1-10-7-18(23)26-16-9-17(15(21)8-14(10)16)25-11(2)19(24)22-13-5-3-12(20)4-6-13/h3-9,11H,1-2H3,(H,22,24). The minimum atomic E-state index is -0.801. The SMILES string of the molecule is Cc1cc(=O)oc2cc(OC(C)C(=O)Nc3ccc(Br)cc3)c(Cl)cc12. The van der Waals surface area contributed by atoms with Crippen molar-refractivity contribution in [3.8, 4) is 5.75 Å². The van der Waals surface area contributed by atoms with Crippen molar-refractivity contribution in [1.29, 1.82) is 0 Å². The maximum Gasteiger partial charge on any atom is 0.336 e. The number of fused-ring (bicyclic) bond motifs is 1. The van der Waals surface area contributed by atoms with Crippen molar-refractivity contribution < 1.29 is 13.9 Å². The Labute approximate surface area is 163 Å². The highest BCUT2D eigenvalue weighted by atomic mass is 79.9. The average Bonchev–Trinajstić information content (AvgIpc) is 2.58. The molecule has 1 amide bonds. The Morgan fingerprint density at radius 1 is 1.23 bits per heavy atom. The van der Waals surface area contributed by atoms with Gasteiger partial charge in [0, 0.05) is 27.7 Å². The highest BCUT2D eigenvalue weighted by Gasteiger charge is 2.18. The van der Waals surface area contributed by atoms with E-state index in [9.17, 15) is 9.59 Å². The normalized spacial score (nSPS) is 12.0. The van der Waals surface area contributed by atoms with Crippen LogP contribution >= 0.6 is 27.5 Å². The van der Waals surface area contributed by atoms with Crippen LogP contribution in [0.5, 0.6) is 5.75 Å². The molecule has 1 N–H and O–H groups in total. The fraction of sp³-hybridized carbons (Fsp3) is 0.158. The van der Waals surface area contributed by atoms with Crippen LogP contribution in [0.3, 0.4) is 0 Å². The van der Waals surface area contributed by atoms with Crippen molar-refractivity contribution >= 4 is 50.1 Å². The highest BCUT2D eigenvalue weighted by molar-refractivity contribution is 9.10. The quantitative estimate of drug-likeness (QED) is 0.589. The van der Waals surface area contributed by atoms with E-state index in [0.29, 0.717) is 21.7 Å². The maximum absolute atomic E-state index is 12.3. The van der Waals surface area contributed by atoms with Crippen LogP contribution in [0.25, 0.3) is 11.0 Å². The van der Waals surface area contributed by atoms with E-state index in [2.05, 4.69) is 21.2 Å². The van der Waals surface area contributed by atoms with Crippen LogP contribution in [0, 0.1) is 6.92 Å². The molecule has 0 fully saturated rings. The van der Waals surface area contributed by atoms with Gasteiger partial charge in [0.1, 0.15) is 11.3 Å². The monoisotopic (exact) mass is 435 g/mol. The molecule has 0 radical (unpaired) electrons. The largest absolute Gasteiger partial charge is 0.479 e. The molecule has 0 aliphatic carbocycles. The molecular formula is C19H15BrClNO4. The lowest BCUT2D eigenvalue weighted by Gasteiger charge is -2.16. The van der Waals surface area contributed by atoms with Gasteiger partial charge in [0.15, 0.2) is 6.10 Å². The molecule has 0 saturated heterocycles. The summed E-state index contributed by atoms with van der Waals surface area (Å²) in [7, 11) is 0. The van der Waals surface area contributed by atoms with E-state index in [0.717, 1.165) is 10.0 Å². The van der Waals surface area contributed by atoms with Crippen molar-refractivity contribution in [3.05, 3.63) is 67.9 Å². The first-order valence-corrected chi connectivity index (χ1v) is 8.97. The van der Waals surface area contributed by atoms with Gasteiger partial charge in [0.25, 0.3) is 5.91 Å². The summed E-state index contributed by atoms with van der Waals surface area (Å²) < 4.78 is 11.8. The molecule has 1 unspecified atom stereocenters. The van der Waals surface area contributed by atoms with E-state index in [1.165, 1.54) is 12.1 Å². The fourth-order valence-corrected chi connectivity index (χ4v) is 2.90. The van der Waals surface area contributed by atoms with E-state index >= 15 is 0 Å². The third-order valence-electron chi connectivity index (χ3n) is 3.79. The Morgan fingerprint density at radius 2 is 1.92 bits per heavy atom. The van der Waals surface area contributed by atoms with E-state index < -0.39 is 11.7 Å². The van der Waals surface area contributed by atoms with Gasteiger partial charge in [0.05, 0.1) is 5.02 Å². The second-order valence-electron chi connectivity index (χ2n) is 5.78. The number of hydrogen-bond donors (Lipinski definition) is 1. The predicted molar refractivity (Wildman–Crippen MR) is 105 cm³/mol. The molecule has 0 saturated carbocycles. The summed E-state index contributed by atoms with van der Waals surface area (Å²) in [5.74, 6) is -0.0550. The number of aryl methyl sites for hydroxylation is 1. The lowest BCUT2D eigenvalue weighted by Crippen LogP contribution is -2.30. The summed E-state index contributed by atoms with van der Waals surface area (Å²) in [5.41, 5.74) is 1.31. The zero-order chi connectivity index (χ0) is 18.8. The lowest BCUT2D eigenvalue weighted by molar-refractivity contribution is -0.122. The molecule has 2 aromatic carbocycles. The first kappa shape index (κ1) is 18.5. The number of carbonyl (C=O) groups excluding carboxylic acids is 1. The summed E-state index contributed by atoms with van der Waals surface area (Å²) in [6, 6.07) is 11.8. The molecule has 0 aliphatic rings. The second-order valence-corrected chi connectivity index (χ2v) is 7.11. The summed E-state index contributed by atoms with van der Waals surface area (Å²) in [4.78, 5) is 23.9. The number of benzene rings is 2. The van der Waals surface area contributed by atoms with Crippen LogP contribution in [-0.2, 0) is 4.79 Å². The van der Waals surface area contributed by atoms with Crippen LogP contribution in [0.15, 0.2) is 56.1 Å². The van der Waals surface area contributed by atoms with Crippen molar-refractivity contribution in [3.63, 3.8) is 0 Å². The van der Waals surface area contributed by atoms with E-state index in [1.54, 1.807) is 32.0 Å². The topological polar surface area (TPSA) is 68.5 Å². The predicted octanol–water partition coefficient (Wildman–Crippen LogP) is 4.92. The molecule has 0 aliphatic heterocycles. The first-order valence-electron chi connectivity index (χ1n) is 7.80. The molecule has 3 aromatic rings. The Hall–Kier alpha value is -2.31. The van der Waals surface area contributed by atoms with Crippen LogP contribution in [0.4, 0.5) is 5.69 Å². The Bertz CT molecular complexity index is 1030. The first-order chi connectivity index (χ1) is 12.3. The van der Waals surface area contributed by atoms with Crippen LogP contribution in [0.1, 0.15) is 12.5 Å². The third kappa shape index (κ3) is 4.08. The molecule has 1 aromatic heterocycles. The van der Waals surface area contributed by atoms with Crippen molar-refractivity contribution in [1.82, 2.24) is 0 Å². The molecule has 0 bridgehead atoms. The summed E-state index contributed by atoms with van der Waals surface area (Å²) in [6.07, 6.45) is -0.801. The summed E-state index contributed by atoms with van der Waals surface area (Å²) >= 11 is 9.60. The van der Waals surface area contributed by atoms with Gasteiger partial charge in [-0.25, -0.2) is 4.79 Å². The number of anilines is 1. The number of carbonyl (C=O) groups is 1. The van der Waals surface area contributed by atoms with Gasteiger partial charge in [0.2, 0.25) is 0 Å². The van der Waals surface area contributed by atoms with Gasteiger partial charge in [-0.2, -0.15) is 0 Å². The van der Waals surface area contributed by atoms with Crippen molar-refractivity contribution in [2.24, 2.45) is 0 Å². The van der Waals surface area contributed by atoms with Gasteiger partial charge in [-0.15, -0.1) is 0 Å². The minimum Gasteiger partial charge on any atom is -0.479 e. The van der Waals surface area contributed by atoms with E-state index in [-0.39, 0.29) is 11.7 Å². The van der Waals surface area contributed by atoms with Gasteiger partial charge >= 0.3 is 5.63 Å². The molecule has 7 heteroatoms. The Kier molecular flexibility index (Phi) is 5.34. The minimum absolute atomic E-state index is 0.270. The van der Waals surface area contributed by atoms with Crippen LogP contribution < -0.4 is 15.7 Å². The molecule has 134 valence electrons. The molecular weight excluding hydrogens is 422 g/mol. The van der Waals surface area contributed by atoms with Gasteiger partial charge < -0.3 is 14.5 Å². The van der Waals surface area contributed by atoms with Gasteiger partial charge in [-0.1, -0.05) is 27.5 Å². The van der Waals surface area contributed by atoms with E-state index in [4.69, 9.17) is 20.8 Å². The molecule has 1 heterocycles. The number of halogens is 2. The molecule has 0 spiro atoms. The zero-order valence-electron chi connectivity index (χ0n) is 14.0. The highest BCUT2D eigenvalue weighted by Crippen LogP contribution is 2.31. The Balaban J connectivity index is 1.81. The molecule has 1 atom stereocenters. The molecule has 26 heavy (non-hydrogen) atoms. The molecule has 5 nitrogen and oxygen atoms in total. The number of nitrogens with one attached hydrogen (secondary N) is 1. The van der Waals surface area contributed by atoms with Crippen molar-refractivity contribution in [2.75, 3.05) is 5.32 Å². The second kappa shape index (κ2) is 7.51. The van der Waals surface area contributed by atoms with Gasteiger partial charge in [-0.3, -0.25) is 4.79 Å². The number of hydrogen-bond acceptors (Lipinski definition) is 4. The van der Waals surface area contributed by atoms with Gasteiger partial charge in [-0.05, 0) is 49.7 Å². The number of ether oxygens (including phenoxy) is 1. The van der Waals surface area contributed by atoms with Crippen molar-refractivity contribution in [2.45, 2.75) is 20.0 Å². The summed E-state index contributed by atoms with van der Waals surface area (Å²) in [5, 5.41) is 3.81. The number of amides is 1. The third-order valence-corrected chi connectivity index (χ3v) is 4.61. The van der Waals surface area contributed by atoms with Crippen LogP contribution in [0.2, 0.25) is 5.02 Å². The lowest BCUT2D eigenvalue weighted by atomic mass is 10.1. The fourth-order valence-electron chi connectivity index (χ4n) is 2.43. The maximum atomic E-state index is 12.3. The van der Waals surface area contributed by atoms with Crippen LogP contribution in [-0.4, -0.2) is 12.0 Å². The van der Waals surface area contributed by atoms with E-state index in [1.807, 2.05) is 12.1 Å². The Morgan fingerprint density at radius 3 is 2.62 bits per heavy atom. The smallest absolute Gasteiger partial charge is 0.336 e.